The summed E-state index contributed by atoms with van der Waals surface area (Å²) in [5.41, 5.74) is 4.68. The lowest BCUT2D eigenvalue weighted by Gasteiger charge is -2.38. The van der Waals surface area contributed by atoms with Gasteiger partial charge in [-0.25, -0.2) is 0 Å². The van der Waals surface area contributed by atoms with E-state index in [1.54, 1.807) is 0 Å². The fraction of sp³-hybridized carbons (Fsp3) is 0.875. The Kier molecular flexibility index (Phi) is 7.17. The lowest BCUT2D eigenvalue weighted by molar-refractivity contribution is -0.151. The molecule has 21 heavy (non-hydrogen) atoms. The summed E-state index contributed by atoms with van der Waals surface area (Å²) < 4.78 is 0. The summed E-state index contributed by atoms with van der Waals surface area (Å²) in [7, 11) is 0. The van der Waals surface area contributed by atoms with E-state index in [0.717, 1.165) is 32.2 Å². The van der Waals surface area contributed by atoms with Gasteiger partial charge in [-0.1, -0.05) is 43.1 Å². The minimum Gasteiger partial charge on any atom is -0.369 e. The van der Waals surface area contributed by atoms with E-state index in [9.17, 15) is 9.59 Å². The third kappa shape index (κ3) is 4.70. The Morgan fingerprint density at radius 1 is 1.38 bits per heavy atom. The van der Waals surface area contributed by atoms with Gasteiger partial charge in [0.1, 0.15) is 5.41 Å². The van der Waals surface area contributed by atoms with Crippen molar-refractivity contribution in [3.63, 3.8) is 0 Å². The topological polar surface area (TPSA) is 63.4 Å². The lowest BCUT2D eigenvalue weighted by atomic mass is 9.75. The second kappa shape index (κ2) is 8.16. The number of amides is 2. The smallest absolute Gasteiger partial charge is 0.238 e. The molecule has 1 rings (SSSR count). The molecule has 4 nitrogen and oxygen atoms in total. The van der Waals surface area contributed by atoms with Crippen molar-refractivity contribution in [1.82, 2.24) is 4.90 Å². The van der Waals surface area contributed by atoms with Gasteiger partial charge in [0, 0.05) is 17.9 Å². The van der Waals surface area contributed by atoms with Crippen molar-refractivity contribution < 1.29 is 9.59 Å². The van der Waals surface area contributed by atoms with Crippen LogP contribution in [0.1, 0.15) is 59.3 Å². The number of carbonyl (C=O) groups is 2. The number of nitrogens with two attached hydrogens (primary N) is 1. The SMILES string of the molecule is CCC[C@](CCC(C)C)(C(N)=O)C(=O)N1CCC[C@@H](Br)C1. The first-order chi connectivity index (χ1) is 9.83. The maximum absolute atomic E-state index is 13.0. The molecule has 0 saturated carbocycles. The van der Waals surface area contributed by atoms with Gasteiger partial charge in [0.2, 0.25) is 11.8 Å². The Morgan fingerprint density at radius 2 is 2.05 bits per heavy atom. The quantitative estimate of drug-likeness (QED) is 0.560. The van der Waals surface area contributed by atoms with Crippen LogP contribution < -0.4 is 5.73 Å². The van der Waals surface area contributed by atoms with E-state index in [0.29, 0.717) is 30.1 Å². The number of primary amides is 1. The molecule has 1 fully saturated rings. The van der Waals surface area contributed by atoms with Gasteiger partial charge in [-0.2, -0.15) is 0 Å². The third-order valence-electron chi connectivity index (χ3n) is 4.36. The summed E-state index contributed by atoms with van der Waals surface area (Å²) in [4.78, 5) is 27.3. The Balaban J connectivity index is 2.96. The minimum absolute atomic E-state index is 0.0540. The molecular weight excluding hydrogens is 332 g/mol. The second-order valence-electron chi connectivity index (χ2n) is 6.62. The van der Waals surface area contributed by atoms with Crippen molar-refractivity contribution in [2.45, 2.75) is 64.1 Å². The van der Waals surface area contributed by atoms with Crippen molar-refractivity contribution >= 4 is 27.7 Å². The monoisotopic (exact) mass is 360 g/mol. The van der Waals surface area contributed by atoms with Crippen molar-refractivity contribution in [2.75, 3.05) is 13.1 Å². The molecule has 0 bridgehead atoms. The van der Waals surface area contributed by atoms with Crippen LogP contribution >= 0.6 is 15.9 Å². The fourth-order valence-corrected chi connectivity index (χ4v) is 3.74. The molecule has 0 spiro atoms. The molecule has 2 amide bonds. The number of nitrogens with zero attached hydrogens (tertiary/aromatic N) is 1. The highest BCUT2D eigenvalue weighted by molar-refractivity contribution is 9.09. The van der Waals surface area contributed by atoms with Crippen molar-refractivity contribution in [2.24, 2.45) is 17.1 Å². The van der Waals surface area contributed by atoms with Gasteiger partial charge in [-0.3, -0.25) is 9.59 Å². The number of alkyl halides is 1. The van der Waals surface area contributed by atoms with Crippen LogP contribution in [-0.2, 0) is 9.59 Å². The number of carbonyl (C=O) groups excluding carboxylic acids is 2. The molecule has 1 heterocycles. The van der Waals surface area contributed by atoms with Crippen molar-refractivity contribution in [3.8, 4) is 0 Å². The van der Waals surface area contributed by atoms with Crippen LogP contribution in [0.2, 0.25) is 0 Å². The standard InChI is InChI=1S/C16H29BrN2O2/c1-4-8-16(14(18)20,9-7-12(2)3)15(21)19-10-5-6-13(17)11-19/h12-13H,4-11H2,1-3H3,(H2,18,20)/t13-,16+/m1/s1. The van der Waals surface area contributed by atoms with E-state index in [4.69, 9.17) is 5.73 Å². The molecule has 5 heteroatoms. The zero-order chi connectivity index (χ0) is 16.0. The zero-order valence-corrected chi connectivity index (χ0v) is 15.1. The summed E-state index contributed by atoms with van der Waals surface area (Å²) in [6.45, 7) is 7.64. The molecule has 1 aliphatic heterocycles. The van der Waals surface area contributed by atoms with E-state index in [1.165, 1.54) is 0 Å². The normalized spacial score (nSPS) is 22.1. The second-order valence-corrected chi connectivity index (χ2v) is 7.91. The van der Waals surface area contributed by atoms with Crippen LogP contribution in [0.5, 0.6) is 0 Å². The van der Waals surface area contributed by atoms with E-state index in [2.05, 4.69) is 29.8 Å². The highest BCUT2D eigenvalue weighted by atomic mass is 79.9. The van der Waals surface area contributed by atoms with E-state index < -0.39 is 11.3 Å². The van der Waals surface area contributed by atoms with Gasteiger partial charge in [0.05, 0.1) is 0 Å². The maximum Gasteiger partial charge on any atom is 0.238 e. The van der Waals surface area contributed by atoms with Crippen molar-refractivity contribution in [1.29, 1.82) is 0 Å². The van der Waals surface area contributed by atoms with E-state index in [1.807, 2.05) is 11.8 Å². The summed E-state index contributed by atoms with van der Waals surface area (Å²) in [6, 6.07) is 0. The molecular formula is C16H29BrN2O2. The average Bonchev–Trinajstić information content (AvgIpc) is 2.42. The predicted octanol–water partition coefficient (Wildman–Crippen LogP) is 3.08. The Hall–Kier alpha value is -0.580. The molecule has 0 aromatic carbocycles. The summed E-state index contributed by atoms with van der Waals surface area (Å²) in [6.07, 6.45) is 4.81. The summed E-state index contributed by atoms with van der Waals surface area (Å²) in [5, 5.41) is 0. The van der Waals surface area contributed by atoms with Crippen LogP contribution in [-0.4, -0.2) is 34.6 Å². The molecule has 0 unspecified atom stereocenters. The Labute approximate surface area is 136 Å². The van der Waals surface area contributed by atoms with E-state index >= 15 is 0 Å². The third-order valence-corrected chi connectivity index (χ3v) is 5.10. The van der Waals surface area contributed by atoms with Crippen LogP contribution in [0.4, 0.5) is 0 Å². The van der Waals surface area contributed by atoms with Crippen LogP contribution in [0.15, 0.2) is 0 Å². The number of halogens is 1. The molecule has 2 atom stereocenters. The molecule has 2 N–H and O–H groups in total. The summed E-state index contributed by atoms with van der Waals surface area (Å²) in [5.74, 6) is -0.0491. The van der Waals surface area contributed by atoms with Gasteiger partial charge in [0.25, 0.3) is 0 Å². The minimum atomic E-state index is -1.01. The molecule has 0 aliphatic carbocycles. The van der Waals surface area contributed by atoms with Gasteiger partial charge in [-0.15, -0.1) is 0 Å². The number of hydrogen-bond donors (Lipinski definition) is 1. The molecule has 122 valence electrons. The maximum atomic E-state index is 13.0. The van der Waals surface area contributed by atoms with E-state index in [-0.39, 0.29) is 5.91 Å². The van der Waals surface area contributed by atoms with Gasteiger partial charge in [0.15, 0.2) is 0 Å². The molecule has 0 radical (unpaired) electrons. The fourth-order valence-electron chi connectivity index (χ4n) is 3.06. The largest absolute Gasteiger partial charge is 0.369 e. The summed E-state index contributed by atoms with van der Waals surface area (Å²) >= 11 is 3.59. The molecule has 1 aliphatic rings. The van der Waals surface area contributed by atoms with Crippen LogP contribution in [0, 0.1) is 11.3 Å². The number of piperidine rings is 1. The molecule has 0 aromatic rings. The van der Waals surface area contributed by atoms with Crippen LogP contribution in [0.3, 0.4) is 0 Å². The average molecular weight is 361 g/mol. The molecule has 1 saturated heterocycles. The van der Waals surface area contributed by atoms with Crippen molar-refractivity contribution in [3.05, 3.63) is 0 Å². The predicted molar refractivity (Wildman–Crippen MR) is 89.1 cm³/mol. The number of hydrogen-bond acceptors (Lipinski definition) is 2. The highest BCUT2D eigenvalue weighted by Gasteiger charge is 2.46. The highest BCUT2D eigenvalue weighted by Crippen LogP contribution is 2.35. The zero-order valence-electron chi connectivity index (χ0n) is 13.5. The number of rotatable bonds is 7. The first-order valence-electron chi connectivity index (χ1n) is 8.06. The Bertz CT molecular complexity index is 373. The lowest BCUT2D eigenvalue weighted by Crippen LogP contribution is -2.54. The van der Waals surface area contributed by atoms with Gasteiger partial charge < -0.3 is 10.6 Å². The first-order valence-corrected chi connectivity index (χ1v) is 8.98. The number of likely N-dealkylation sites (tertiary alicyclic amines) is 1. The van der Waals surface area contributed by atoms with Gasteiger partial charge in [-0.05, 0) is 38.0 Å². The van der Waals surface area contributed by atoms with Gasteiger partial charge >= 0.3 is 0 Å². The molecule has 0 aromatic heterocycles. The first kappa shape index (κ1) is 18.5. The Morgan fingerprint density at radius 3 is 2.52 bits per heavy atom. The van der Waals surface area contributed by atoms with Crippen LogP contribution in [0.25, 0.3) is 0 Å².